The van der Waals surface area contributed by atoms with Crippen molar-refractivity contribution in [1.29, 1.82) is 0 Å². The molecule has 0 aromatic heterocycles. The van der Waals surface area contributed by atoms with E-state index < -0.39 is 10.0 Å². The van der Waals surface area contributed by atoms with Crippen LogP contribution in [0.5, 0.6) is 0 Å². The van der Waals surface area contributed by atoms with Gasteiger partial charge in [0.15, 0.2) is 0 Å². The second kappa shape index (κ2) is 8.21. The number of anilines is 1. The summed E-state index contributed by atoms with van der Waals surface area (Å²) in [6, 6.07) is 11.0. The quantitative estimate of drug-likeness (QED) is 0.553. The Morgan fingerprint density at radius 2 is 1.88 bits per heavy atom. The highest BCUT2D eigenvalue weighted by molar-refractivity contribution is 7.89. The Morgan fingerprint density at radius 3 is 2.54 bits per heavy atom. The lowest BCUT2D eigenvalue weighted by molar-refractivity contribution is 0.577. The first-order valence-corrected chi connectivity index (χ1v) is 9.83. The largest absolute Gasteiger partial charge is 0.398 e. The van der Waals surface area contributed by atoms with Gasteiger partial charge in [0.25, 0.3) is 0 Å². The molecule has 0 saturated heterocycles. The van der Waals surface area contributed by atoms with Crippen LogP contribution in [-0.2, 0) is 16.4 Å². The molecule has 24 heavy (non-hydrogen) atoms. The van der Waals surface area contributed by atoms with Crippen molar-refractivity contribution in [3.63, 3.8) is 0 Å². The highest BCUT2D eigenvalue weighted by Crippen LogP contribution is 2.30. The number of unbranched alkanes of at least 4 members (excludes halogenated alkanes) is 1. The number of nitrogen functional groups attached to an aromatic ring is 1. The lowest BCUT2D eigenvalue weighted by atomic mass is 10.1. The van der Waals surface area contributed by atoms with Crippen molar-refractivity contribution in [2.24, 2.45) is 0 Å². The first-order valence-electron chi connectivity index (χ1n) is 7.59. The van der Waals surface area contributed by atoms with Gasteiger partial charge in [-0.15, -0.1) is 0 Å². The normalized spacial score (nSPS) is 11.6. The fourth-order valence-corrected chi connectivity index (χ4v) is 4.52. The van der Waals surface area contributed by atoms with E-state index in [2.05, 4.69) is 29.8 Å². The zero-order valence-corrected chi connectivity index (χ0v) is 15.7. The lowest BCUT2D eigenvalue weighted by Gasteiger charge is -2.11. The molecule has 0 amide bonds. The number of benzene rings is 2. The number of halogens is 2. The van der Waals surface area contributed by atoms with E-state index in [1.165, 1.54) is 23.3 Å². The van der Waals surface area contributed by atoms with Crippen molar-refractivity contribution in [3.8, 4) is 0 Å². The topological polar surface area (TPSA) is 72.2 Å². The molecule has 0 aliphatic carbocycles. The number of nitrogens with one attached hydrogen (secondary N) is 1. The molecule has 0 radical (unpaired) electrons. The van der Waals surface area contributed by atoms with Crippen LogP contribution in [0, 0.1) is 6.92 Å². The average Bonchev–Trinajstić information content (AvgIpc) is 2.45. The Balaban J connectivity index is 1.90. The number of aryl methyl sites for hydroxylation is 2. The van der Waals surface area contributed by atoms with Crippen LogP contribution >= 0.6 is 23.2 Å². The summed E-state index contributed by atoms with van der Waals surface area (Å²) in [6.07, 6.45) is 2.52. The Labute approximate surface area is 153 Å². The maximum atomic E-state index is 12.3. The summed E-state index contributed by atoms with van der Waals surface area (Å²) < 4.78 is 27.2. The number of hydrogen-bond donors (Lipinski definition) is 2. The molecular formula is C17H20Cl2N2O2S. The Kier molecular flexibility index (Phi) is 6.52. The fourth-order valence-electron chi connectivity index (χ4n) is 2.46. The Bertz CT molecular complexity index is 800. The van der Waals surface area contributed by atoms with E-state index in [0.29, 0.717) is 11.6 Å². The molecule has 2 aromatic rings. The zero-order chi connectivity index (χ0) is 17.7. The van der Waals surface area contributed by atoms with E-state index in [9.17, 15) is 8.42 Å². The SMILES string of the molecule is Cc1cccc(CCCCNS(=O)(=O)c2c(N)cc(Cl)cc2Cl)c1. The van der Waals surface area contributed by atoms with Gasteiger partial charge in [-0.2, -0.15) is 0 Å². The molecule has 0 saturated carbocycles. The number of nitrogens with two attached hydrogens (primary N) is 1. The molecule has 0 atom stereocenters. The molecule has 2 aromatic carbocycles. The highest BCUT2D eigenvalue weighted by Gasteiger charge is 2.21. The van der Waals surface area contributed by atoms with Crippen molar-refractivity contribution >= 4 is 38.9 Å². The summed E-state index contributed by atoms with van der Waals surface area (Å²) in [4.78, 5) is -0.118. The van der Waals surface area contributed by atoms with Crippen LogP contribution in [0.4, 0.5) is 5.69 Å². The van der Waals surface area contributed by atoms with Crippen molar-refractivity contribution in [2.75, 3.05) is 12.3 Å². The predicted molar refractivity (Wildman–Crippen MR) is 100 cm³/mol. The molecule has 7 heteroatoms. The van der Waals surface area contributed by atoms with Gasteiger partial charge < -0.3 is 5.73 Å². The number of sulfonamides is 1. The minimum Gasteiger partial charge on any atom is -0.398 e. The minimum atomic E-state index is -3.76. The smallest absolute Gasteiger partial charge is 0.244 e. The number of rotatable bonds is 7. The van der Waals surface area contributed by atoms with Gasteiger partial charge in [0.1, 0.15) is 4.90 Å². The lowest BCUT2D eigenvalue weighted by Crippen LogP contribution is -2.26. The fraction of sp³-hybridized carbons (Fsp3) is 0.294. The van der Waals surface area contributed by atoms with Gasteiger partial charge in [-0.05, 0) is 43.9 Å². The molecule has 0 aliphatic heterocycles. The van der Waals surface area contributed by atoms with Crippen LogP contribution in [0.15, 0.2) is 41.3 Å². The molecule has 2 rings (SSSR count). The first kappa shape index (κ1) is 19.1. The third kappa shape index (κ3) is 5.11. The molecule has 0 aliphatic rings. The van der Waals surface area contributed by atoms with E-state index in [4.69, 9.17) is 28.9 Å². The molecule has 3 N–H and O–H groups in total. The van der Waals surface area contributed by atoms with Crippen molar-refractivity contribution in [2.45, 2.75) is 31.1 Å². The monoisotopic (exact) mass is 386 g/mol. The van der Waals surface area contributed by atoms with Crippen LogP contribution in [0.1, 0.15) is 24.0 Å². The second-order valence-corrected chi connectivity index (χ2v) is 8.20. The third-order valence-electron chi connectivity index (χ3n) is 3.57. The Hall–Kier alpha value is -1.27. The number of hydrogen-bond acceptors (Lipinski definition) is 3. The van der Waals surface area contributed by atoms with Crippen molar-refractivity contribution in [1.82, 2.24) is 4.72 Å². The van der Waals surface area contributed by atoms with Crippen molar-refractivity contribution in [3.05, 3.63) is 57.6 Å². The zero-order valence-electron chi connectivity index (χ0n) is 13.4. The summed E-state index contributed by atoms with van der Waals surface area (Å²) in [6.45, 7) is 2.38. The van der Waals surface area contributed by atoms with Gasteiger partial charge in [0.05, 0.1) is 10.7 Å². The summed E-state index contributed by atoms with van der Waals surface area (Å²) in [5.74, 6) is 0. The van der Waals surface area contributed by atoms with E-state index in [1.54, 1.807) is 0 Å². The predicted octanol–water partition coefficient (Wildman–Crippen LogP) is 4.19. The van der Waals surface area contributed by atoms with Crippen LogP contribution in [0.25, 0.3) is 0 Å². The summed E-state index contributed by atoms with van der Waals surface area (Å²) in [5, 5.41) is 0.321. The van der Waals surface area contributed by atoms with E-state index in [1.807, 2.05) is 6.07 Å². The van der Waals surface area contributed by atoms with Crippen LogP contribution < -0.4 is 10.5 Å². The molecule has 0 fully saturated rings. The van der Waals surface area contributed by atoms with Gasteiger partial charge in [0, 0.05) is 11.6 Å². The highest BCUT2D eigenvalue weighted by atomic mass is 35.5. The average molecular weight is 387 g/mol. The maximum Gasteiger partial charge on any atom is 0.244 e. The molecule has 0 bridgehead atoms. The molecule has 0 spiro atoms. The molecule has 0 heterocycles. The maximum absolute atomic E-state index is 12.3. The van der Waals surface area contributed by atoms with E-state index >= 15 is 0 Å². The molecule has 4 nitrogen and oxygen atoms in total. The van der Waals surface area contributed by atoms with Crippen molar-refractivity contribution < 1.29 is 8.42 Å². The van der Waals surface area contributed by atoms with Crippen LogP contribution in [0.2, 0.25) is 10.0 Å². The minimum absolute atomic E-state index is 0.0206. The third-order valence-corrected chi connectivity index (χ3v) is 5.78. The van der Waals surface area contributed by atoms with Crippen LogP contribution in [0.3, 0.4) is 0 Å². The van der Waals surface area contributed by atoms with Gasteiger partial charge in [-0.25, -0.2) is 13.1 Å². The summed E-state index contributed by atoms with van der Waals surface area (Å²) in [7, 11) is -3.76. The summed E-state index contributed by atoms with van der Waals surface area (Å²) >= 11 is 11.8. The van der Waals surface area contributed by atoms with Gasteiger partial charge >= 0.3 is 0 Å². The molecule has 130 valence electrons. The van der Waals surface area contributed by atoms with Gasteiger partial charge in [0.2, 0.25) is 10.0 Å². The van der Waals surface area contributed by atoms with E-state index in [-0.39, 0.29) is 15.6 Å². The molecular weight excluding hydrogens is 367 g/mol. The second-order valence-electron chi connectivity index (χ2n) is 5.65. The van der Waals surface area contributed by atoms with Gasteiger partial charge in [-0.3, -0.25) is 0 Å². The Morgan fingerprint density at radius 1 is 1.12 bits per heavy atom. The molecule has 0 unspecified atom stereocenters. The summed E-state index contributed by atoms with van der Waals surface area (Å²) in [5.41, 5.74) is 8.26. The van der Waals surface area contributed by atoms with E-state index in [0.717, 1.165) is 19.3 Å². The van der Waals surface area contributed by atoms with Gasteiger partial charge in [-0.1, -0.05) is 53.0 Å². The van der Waals surface area contributed by atoms with Crippen LogP contribution in [-0.4, -0.2) is 15.0 Å². The standard InChI is InChI=1S/C17H20Cl2N2O2S/c1-12-5-4-7-13(9-12)6-2-3-8-21-24(22,23)17-15(19)10-14(18)11-16(17)20/h4-5,7,9-11,21H,2-3,6,8,20H2,1H3. The first-order chi connectivity index (χ1) is 11.3.